The van der Waals surface area contributed by atoms with Gasteiger partial charge in [0.15, 0.2) is 5.79 Å². The van der Waals surface area contributed by atoms with Crippen molar-refractivity contribution < 1.29 is 74.4 Å². The molecule has 16 atom stereocenters. The molecule has 4 aliphatic rings. The molecule has 4 rings (SSSR count). The number of fused-ring (bicyclic) bond motifs is 1. The third-order valence-corrected chi connectivity index (χ3v) is 8.80. The average Bonchev–Trinajstić information content (AvgIpc) is 3.36. The van der Waals surface area contributed by atoms with Crippen molar-refractivity contribution in [3.8, 4) is 0 Å². The lowest BCUT2D eigenvalue weighted by Gasteiger charge is -2.52. The minimum atomic E-state index is -1.70. The van der Waals surface area contributed by atoms with Gasteiger partial charge in [0.25, 0.3) is 0 Å². The highest BCUT2D eigenvalue weighted by Gasteiger charge is 2.63. The predicted molar refractivity (Wildman–Crippen MR) is 131 cm³/mol. The van der Waals surface area contributed by atoms with Crippen molar-refractivity contribution in [3.63, 3.8) is 0 Å². The van der Waals surface area contributed by atoms with E-state index in [-0.39, 0.29) is 19.4 Å². The van der Waals surface area contributed by atoms with Crippen LogP contribution in [0.5, 0.6) is 0 Å². The molecule has 4 aliphatic heterocycles. The largest absolute Gasteiger partial charge is 0.394 e. The van der Waals surface area contributed by atoms with E-state index in [1.165, 1.54) is 6.92 Å². The fourth-order valence-electron chi connectivity index (χ4n) is 6.14. The van der Waals surface area contributed by atoms with Crippen LogP contribution >= 0.6 is 0 Å². The summed E-state index contributed by atoms with van der Waals surface area (Å²) in [7, 11) is 0. The first-order chi connectivity index (χ1) is 18.9. The molecule has 0 radical (unpaired) electrons. The molecular formula is C25H44O15. The van der Waals surface area contributed by atoms with Crippen molar-refractivity contribution >= 4 is 0 Å². The fourth-order valence-corrected chi connectivity index (χ4v) is 6.14. The van der Waals surface area contributed by atoms with Crippen LogP contribution in [0.3, 0.4) is 0 Å². The van der Waals surface area contributed by atoms with Crippen molar-refractivity contribution in [2.24, 2.45) is 0 Å². The van der Waals surface area contributed by atoms with Crippen molar-refractivity contribution in [2.45, 2.75) is 130 Å². The quantitative estimate of drug-likeness (QED) is 0.124. The molecule has 0 aromatic rings. The Balaban J connectivity index is 1.64. The van der Waals surface area contributed by atoms with Gasteiger partial charge in [-0.05, 0) is 13.3 Å². The maximum absolute atomic E-state index is 11.6. The SMILES string of the molecule is CCC(C)(OC1C(O)[C@H](C2(CC)OC3C(O)COC(CO)[C@H]3O2)OC(CO)[C@H]1O)[C@@H]1OC(CO)[C@@H](O)C(O)C1O. The average molecular weight is 585 g/mol. The van der Waals surface area contributed by atoms with Crippen LogP contribution in [0.4, 0.5) is 0 Å². The molecule has 40 heavy (non-hydrogen) atoms. The molecular weight excluding hydrogens is 540 g/mol. The summed E-state index contributed by atoms with van der Waals surface area (Å²) in [5.41, 5.74) is -1.50. The Morgan fingerprint density at radius 2 is 1.35 bits per heavy atom. The van der Waals surface area contributed by atoms with Gasteiger partial charge < -0.3 is 74.4 Å². The summed E-state index contributed by atoms with van der Waals surface area (Å²) in [6, 6.07) is 0. The van der Waals surface area contributed by atoms with E-state index in [0.717, 1.165) is 0 Å². The lowest BCUT2D eigenvalue weighted by atomic mass is 9.83. The van der Waals surface area contributed by atoms with E-state index in [0.29, 0.717) is 0 Å². The zero-order valence-corrected chi connectivity index (χ0v) is 22.8. The van der Waals surface area contributed by atoms with Crippen molar-refractivity contribution in [1.82, 2.24) is 0 Å². The maximum atomic E-state index is 11.6. The van der Waals surface area contributed by atoms with E-state index in [9.17, 15) is 46.0 Å². The molecule has 0 spiro atoms. The number of aliphatic hydroxyl groups excluding tert-OH is 9. The summed E-state index contributed by atoms with van der Waals surface area (Å²) in [6.07, 6.45) is -18.3. The molecule has 4 heterocycles. The van der Waals surface area contributed by atoms with Crippen LogP contribution in [0.2, 0.25) is 0 Å². The lowest BCUT2D eigenvalue weighted by molar-refractivity contribution is -0.349. The van der Waals surface area contributed by atoms with E-state index in [2.05, 4.69) is 0 Å². The second-order valence-corrected chi connectivity index (χ2v) is 11.2. The molecule has 15 heteroatoms. The van der Waals surface area contributed by atoms with Gasteiger partial charge in [-0.2, -0.15) is 0 Å². The predicted octanol–water partition coefficient (Wildman–Crippen LogP) is -4.49. The second-order valence-electron chi connectivity index (χ2n) is 11.2. The van der Waals surface area contributed by atoms with Crippen molar-refractivity contribution in [1.29, 1.82) is 0 Å². The zero-order chi connectivity index (χ0) is 29.6. The van der Waals surface area contributed by atoms with E-state index in [1.54, 1.807) is 13.8 Å². The smallest absolute Gasteiger partial charge is 0.198 e. The first kappa shape index (κ1) is 32.3. The minimum absolute atomic E-state index is 0.0886. The summed E-state index contributed by atoms with van der Waals surface area (Å²) >= 11 is 0. The van der Waals surface area contributed by atoms with Gasteiger partial charge in [-0.25, -0.2) is 0 Å². The number of aliphatic hydroxyl groups is 9. The highest BCUT2D eigenvalue weighted by molar-refractivity contribution is 5.07. The Labute approximate surface area is 231 Å². The molecule has 0 aromatic carbocycles. The normalized spacial score (nSPS) is 51.3. The van der Waals surface area contributed by atoms with Crippen LogP contribution < -0.4 is 0 Å². The second kappa shape index (κ2) is 12.6. The third kappa shape index (κ3) is 5.44. The Hall–Kier alpha value is -0.600. The summed E-state index contributed by atoms with van der Waals surface area (Å²) < 4.78 is 35.7. The highest BCUT2D eigenvalue weighted by atomic mass is 16.8. The fraction of sp³-hybridized carbons (Fsp3) is 1.00. The Kier molecular flexibility index (Phi) is 10.1. The molecule has 234 valence electrons. The van der Waals surface area contributed by atoms with Crippen LogP contribution in [0.15, 0.2) is 0 Å². The molecule has 4 saturated heterocycles. The van der Waals surface area contributed by atoms with Gasteiger partial charge in [-0.15, -0.1) is 0 Å². The van der Waals surface area contributed by atoms with Crippen molar-refractivity contribution in [2.75, 3.05) is 26.4 Å². The summed E-state index contributed by atoms with van der Waals surface area (Å²) in [5.74, 6) is -1.70. The zero-order valence-electron chi connectivity index (χ0n) is 22.8. The van der Waals surface area contributed by atoms with Crippen LogP contribution in [0, 0.1) is 0 Å². The van der Waals surface area contributed by atoms with Crippen LogP contribution in [-0.4, -0.2) is 169 Å². The number of ether oxygens (including phenoxy) is 6. The number of rotatable bonds is 9. The first-order valence-electron chi connectivity index (χ1n) is 13.8. The van der Waals surface area contributed by atoms with Crippen molar-refractivity contribution in [3.05, 3.63) is 0 Å². The van der Waals surface area contributed by atoms with E-state index < -0.39 is 117 Å². The monoisotopic (exact) mass is 584 g/mol. The molecule has 0 bridgehead atoms. The van der Waals surface area contributed by atoms with Crippen LogP contribution in [0.1, 0.15) is 33.6 Å². The van der Waals surface area contributed by atoms with Gasteiger partial charge in [0.2, 0.25) is 0 Å². The minimum Gasteiger partial charge on any atom is -0.394 e. The van der Waals surface area contributed by atoms with Gasteiger partial charge in [0.05, 0.1) is 32.0 Å². The maximum Gasteiger partial charge on any atom is 0.198 e. The summed E-state index contributed by atoms with van der Waals surface area (Å²) in [6.45, 7) is 3.03. The third-order valence-electron chi connectivity index (χ3n) is 8.80. The van der Waals surface area contributed by atoms with Gasteiger partial charge in [-0.3, -0.25) is 0 Å². The molecule has 4 fully saturated rings. The molecule has 11 unspecified atom stereocenters. The molecule has 0 saturated carbocycles. The molecule has 15 nitrogen and oxygen atoms in total. The Morgan fingerprint density at radius 1 is 0.750 bits per heavy atom. The summed E-state index contributed by atoms with van der Waals surface area (Å²) in [4.78, 5) is 0. The van der Waals surface area contributed by atoms with Gasteiger partial charge in [0.1, 0.15) is 85.5 Å². The molecule has 0 amide bonds. The Morgan fingerprint density at radius 3 is 1.93 bits per heavy atom. The number of hydrogen-bond acceptors (Lipinski definition) is 15. The lowest BCUT2D eigenvalue weighted by Crippen LogP contribution is -2.70. The van der Waals surface area contributed by atoms with Gasteiger partial charge in [-0.1, -0.05) is 13.8 Å². The van der Waals surface area contributed by atoms with E-state index in [1.807, 2.05) is 0 Å². The number of hydrogen-bond donors (Lipinski definition) is 9. The topological polar surface area (TPSA) is 237 Å². The van der Waals surface area contributed by atoms with Gasteiger partial charge in [0, 0.05) is 6.42 Å². The van der Waals surface area contributed by atoms with Crippen LogP contribution in [0.25, 0.3) is 0 Å². The van der Waals surface area contributed by atoms with Gasteiger partial charge >= 0.3 is 0 Å². The molecule has 0 aliphatic carbocycles. The van der Waals surface area contributed by atoms with E-state index >= 15 is 0 Å². The van der Waals surface area contributed by atoms with E-state index in [4.69, 9.17) is 28.4 Å². The summed E-state index contributed by atoms with van der Waals surface area (Å²) in [5, 5.41) is 93.9. The standard InChI is InChI=1S/C25H44O15/c1-4-24(3,22-17(33)16(32)14(30)11(6-26)36-22)38-21-15(31)12(7-27)37-23(18(21)34)25(5-2)39-19-10(29)9-35-13(8-28)20(19)40-25/h10-23,26-34H,4-9H2,1-3H3/t10?,11?,12?,13?,14-,15-,16?,17?,18?,19?,20-,21?,22-,23-,24?,25?/m1/s1. The first-order valence-corrected chi connectivity index (χ1v) is 13.8. The molecule has 0 aromatic heterocycles. The Bertz CT molecular complexity index is 834. The van der Waals surface area contributed by atoms with Crippen LogP contribution in [-0.2, 0) is 28.4 Å². The highest BCUT2D eigenvalue weighted by Crippen LogP contribution is 2.45. The molecule has 9 N–H and O–H groups in total.